The van der Waals surface area contributed by atoms with Gasteiger partial charge in [-0.15, -0.1) is 0 Å². The maximum Gasteiger partial charge on any atom is 0.272 e. The normalized spacial score (nSPS) is 12.8. The van der Waals surface area contributed by atoms with E-state index in [0.29, 0.717) is 11.6 Å². The molecule has 1 amide bonds. The van der Waals surface area contributed by atoms with Crippen LogP contribution in [0.2, 0.25) is 0 Å². The highest BCUT2D eigenvalue weighted by Gasteiger charge is 2.15. The molecule has 1 aromatic rings. The van der Waals surface area contributed by atoms with Crippen molar-refractivity contribution in [2.24, 2.45) is 5.92 Å². The summed E-state index contributed by atoms with van der Waals surface area (Å²) in [5.41, 5.74) is 0.308. The second kappa shape index (κ2) is 5.77. The molecule has 1 aromatic heterocycles. The van der Waals surface area contributed by atoms with Gasteiger partial charge in [-0.1, -0.05) is 13.8 Å². The van der Waals surface area contributed by atoms with Crippen molar-refractivity contribution in [2.75, 3.05) is 6.61 Å². The third-order valence-corrected chi connectivity index (χ3v) is 2.38. The molecule has 0 aliphatic carbocycles. The summed E-state index contributed by atoms with van der Waals surface area (Å²) in [7, 11) is 0. The van der Waals surface area contributed by atoms with Crippen LogP contribution in [0.5, 0.6) is 0 Å². The van der Waals surface area contributed by atoms with Crippen LogP contribution in [0.25, 0.3) is 0 Å². The Labute approximate surface area is 92.9 Å². The molecule has 0 aliphatic heterocycles. The van der Waals surface area contributed by atoms with Gasteiger partial charge in [0.25, 0.3) is 5.91 Å². The molecule has 0 aliphatic rings. The number of carbonyl (C=O) groups is 1. The number of carbonyl (C=O) groups excluding carboxylic acids is 1. The first-order valence-electron chi connectivity index (χ1n) is 4.82. The van der Waals surface area contributed by atoms with Gasteiger partial charge in [0.05, 0.1) is 30.6 Å². The summed E-state index contributed by atoms with van der Waals surface area (Å²) in [6.07, 6.45) is 2.17. The number of aliphatic hydroxyl groups is 1. The minimum atomic E-state index is -0.275. The van der Waals surface area contributed by atoms with Crippen LogP contribution in [0.1, 0.15) is 30.8 Å². The lowest BCUT2D eigenvalue weighted by atomic mass is 10.0. The minimum absolute atomic E-state index is 0.0541. The van der Waals surface area contributed by atoms with Crippen LogP contribution in [-0.4, -0.2) is 32.4 Å². The van der Waals surface area contributed by atoms with Crippen LogP contribution in [0.3, 0.4) is 0 Å². The SMILES string of the molecule is CC(C)CC(CO)NC(=O)c1cnsn1. The Bertz CT molecular complexity index is 300. The number of nitrogens with zero attached hydrogens (tertiary/aromatic N) is 2. The fourth-order valence-corrected chi connectivity index (χ4v) is 1.68. The number of nitrogens with one attached hydrogen (secondary N) is 1. The van der Waals surface area contributed by atoms with Gasteiger partial charge >= 0.3 is 0 Å². The molecule has 6 heteroatoms. The number of hydrogen-bond donors (Lipinski definition) is 2. The minimum Gasteiger partial charge on any atom is -0.394 e. The molecule has 0 fully saturated rings. The van der Waals surface area contributed by atoms with Crippen LogP contribution < -0.4 is 5.32 Å². The van der Waals surface area contributed by atoms with Crippen molar-refractivity contribution in [3.05, 3.63) is 11.9 Å². The Morgan fingerprint density at radius 2 is 2.40 bits per heavy atom. The van der Waals surface area contributed by atoms with Gasteiger partial charge in [0.1, 0.15) is 0 Å². The molecule has 84 valence electrons. The Balaban J connectivity index is 2.48. The van der Waals surface area contributed by atoms with E-state index in [1.165, 1.54) is 6.20 Å². The Hall–Kier alpha value is -1.01. The zero-order valence-corrected chi connectivity index (χ0v) is 9.62. The van der Waals surface area contributed by atoms with Crippen molar-refractivity contribution in [3.63, 3.8) is 0 Å². The van der Waals surface area contributed by atoms with Crippen LogP contribution in [0.4, 0.5) is 0 Å². The average Bonchev–Trinajstić information content (AvgIpc) is 2.68. The molecular formula is C9H15N3O2S. The van der Waals surface area contributed by atoms with E-state index in [1.54, 1.807) is 0 Å². The topological polar surface area (TPSA) is 75.1 Å². The number of hydrogen-bond acceptors (Lipinski definition) is 5. The van der Waals surface area contributed by atoms with E-state index in [9.17, 15) is 4.79 Å². The molecule has 0 radical (unpaired) electrons. The van der Waals surface area contributed by atoms with E-state index in [-0.39, 0.29) is 18.6 Å². The Kier molecular flexibility index (Phi) is 4.64. The van der Waals surface area contributed by atoms with Crippen molar-refractivity contribution in [2.45, 2.75) is 26.3 Å². The maximum absolute atomic E-state index is 11.5. The molecule has 1 heterocycles. The molecule has 0 bridgehead atoms. The van der Waals surface area contributed by atoms with Crippen LogP contribution >= 0.6 is 11.7 Å². The summed E-state index contributed by atoms with van der Waals surface area (Å²) in [6, 6.07) is -0.209. The molecular weight excluding hydrogens is 214 g/mol. The monoisotopic (exact) mass is 229 g/mol. The number of amides is 1. The van der Waals surface area contributed by atoms with Gasteiger partial charge in [-0.3, -0.25) is 4.79 Å². The van der Waals surface area contributed by atoms with Gasteiger partial charge in [0.2, 0.25) is 0 Å². The summed E-state index contributed by atoms with van der Waals surface area (Å²) in [4.78, 5) is 11.5. The fourth-order valence-electron chi connectivity index (χ4n) is 1.27. The van der Waals surface area contributed by atoms with E-state index in [4.69, 9.17) is 5.11 Å². The first kappa shape index (κ1) is 12.1. The number of aliphatic hydroxyl groups excluding tert-OH is 1. The van der Waals surface area contributed by atoms with E-state index < -0.39 is 0 Å². The summed E-state index contributed by atoms with van der Waals surface area (Å²) in [5.74, 6) is 0.152. The smallest absolute Gasteiger partial charge is 0.272 e. The molecule has 0 saturated heterocycles. The van der Waals surface area contributed by atoms with E-state index in [1.807, 2.05) is 13.8 Å². The predicted molar refractivity (Wildman–Crippen MR) is 57.7 cm³/mol. The quantitative estimate of drug-likeness (QED) is 0.778. The molecule has 0 spiro atoms. The fraction of sp³-hybridized carbons (Fsp3) is 0.667. The predicted octanol–water partition coefficient (Wildman–Crippen LogP) is 0.675. The maximum atomic E-state index is 11.5. The zero-order chi connectivity index (χ0) is 11.3. The third kappa shape index (κ3) is 3.93. The number of rotatable bonds is 5. The molecule has 1 unspecified atom stereocenters. The van der Waals surface area contributed by atoms with Crippen LogP contribution in [0, 0.1) is 5.92 Å². The highest BCUT2D eigenvalue weighted by Crippen LogP contribution is 2.05. The molecule has 5 nitrogen and oxygen atoms in total. The lowest BCUT2D eigenvalue weighted by Crippen LogP contribution is -2.38. The molecule has 15 heavy (non-hydrogen) atoms. The lowest BCUT2D eigenvalue weighted by molar-refractivity contribution is 0.0904. The molecule has 0 aromatic carbocycles. The summed E-state index contributed by atoms with van der Waals surface area (Å²) < 4.78 is 7.56. The summed E-state index contributed by atoms with van der Waals surface area (Å²) >= 11 is 0.993. The summed E-state index contributed by atoms with van der Waals surface area (Å²) in [6.45, 7) is 4.03. The zero-order valence-electron chi connectivity index (χ0n) is 8.80. The van der Waals surface area contributed by atoms with Gasteiger partial charge in [0.15, 0.2) is 5.69 Å². The van der Waals surface area contributed by atoms with Gasteiger partial charge in [-0.2, -0.15) is 8.75 Å². The van der Waals surface area contributed by atoms with Crippen molar-refractivity contribution in [3.8, 4) is 0 Å². The lowest BCUT2D eigenvalue weighted by Gasteiger charge is -2.17. The van der Waals surface area contributed by atoms with Crippen molar-refractivity contribution < 1.29 is 9.90 Å². The highest BCUT2D eigenvalue weighted by atomic mass is 32.1. The third-order valence-electron chi connectivity index (χ3n) is 1.91. The first-order valence-corrected chi connectivity index (χ1v) is 5.55. The highest BCUT2D eigenvalue weighted by molar-refractivity contribution is 6.99. The van der Waals surface area contributed by atoms with Gasteiger partial charge < -0.3 is 10.4 Å². The van der Waals surface area contributed by atoms with E-state index >= 15 is 0 Å². The molecule has 1 atom stereocenters. The van der Waals surface area contributed by atoms with Gasteiger partial charge in [-0.05, 0) is 12.3 Å². The van der Waals surface area contributed by atoms with Crippen LogP contribution in [0.15, 0.2) is 6.20 Å². The second-order valence-electron chi connectivity index (χ2n) is 3.78. The van der Waals surface area contributed by atoms with Crippen molar-refractivity contribution in [1.29, 1.82) is 0 Å². The Morgan fingerprint density at radius 3 is 2.87 bits per heavy atom. The van der Waals surface area contributed by atoms with E-state index in [0.717, 1.165) is 18.1 Å². The van der Waals surface area contributed by atoms with E-state index in [2.05, 4.69) is 14.1 Å². The van der Waals surface area contributed by atoms with Gasteiger partial charge in [0, 0.05) is 0 Å². The summed E-state index contributed by atoms with van der Waals surface area (Å²) in [5, 5.41) is 11.8. The van der Waals surface area contributed by atoms with Gasteiger partial charge in [-0.25, -0.2) is 0 Å². The largest absolute Gasteiger partial charge is 0.394 e. The average molecular weight is 229 g/mol. The second-order valence-corrected chi connectivity index (χ2v) is 4.33. The first-order chi connectivity index (χ1) is 7.13. The standard InChI is InChI=1S/C9H15N3O2S/c1-6(2)3-7(5-13)11-9(14)8-4-10-15-12-8/h4,6-7,13H,3,5H2,1-2H3,(H,11,14). The van der Waals surface area contributed by atoms with Crippen molar-refractivity contribution in [1.82, 2.24) is 14.1 Å². The molecule has 2 N–H and O–H groups in total. The molecule has 0 saturated carbocycles. The number of aromatic nitrogens is 2. The van der Waals surface area contributed by atoms with Crippen LogP contribution in [-0.2, 0) is 0 Å². The molecule has 1 rings (SSSR count). The van der Waals surface area contributed by atoms with Crippen molar-refractivity contribution >= 4 is 17.6 Å². The Morgan fingerprint density at radius 1 is 1.67 bits per heavy atom.